The Morgan fingerprint density at radius 1 is 1.06 bits per heavy atom. The highest BCUT2D eigenvalue weighted by Crippen LogP contribution is 2.33. The van der Waals surface area contributed by atoms with E-state index in [1.807, 2.05) is 54.3 Å². The first kappa shape index (κ1) is 22.1. The van der Waals surface area contributed by atoms with Crippen LogP contribution < -0.4 is 5.73 Å². The summed E-state index contributed by atoms with van der Waals surface area (Å²) in [5.74, 6) is 1.15. The molecule has 0 aliphatic carbocycles. The second kappa shape index (κ2) is 9.29. The van der Waals surface area contributed by atoms with Gasteiger partial charge in [-0.1, -0.05) is 41.9 Å². The van der Waals surface area contributed by atoms with Crippen molar-refractivity contribution in [2.75, 3.05) is 32.7 Å². The average Bonchev–Trinajstić information content (AvgIpc) is 3.51. The number of nitrogens with two attached hydrogens (primary N) is 1. The fourth-order valence-corrected chi connectivity index (χ4v) is 5.39. The smallest absolute Gasteiger partial charge is 0.257 e. The second-order valence-electron chi connectivity index (χ2n) is 9.33. The van der Waals surface area contributed by atoms with Crippen molar-refractivity contribution >= 4 is 17.5 Å². The molecule has 33 heavy (non-hydrogen) atoms. The minimum absolute atomic E-state index is 0.0740. The largest absolute Gasteiger partial charge is 0.338 e. The van der Waals surface area contributed by atoms with Gasteiger partial charge in [0.25, 0.3) is 5.91 Å². The number of fused-ring (bicyclic) bond motifs is 1. The minimum atomic E-state index is 0.0740. The molecule has 0 saturated carbocycles. The number of amides is 1. The molecule has 3 atom stereocenters. The summed E-state index contributed by atoms with van der Waals surface area (Å²) < 4.78 is 1.80. The van der Waals surface area contributed by atoms with E-state index in [1.54, 1.807) is 10.9 Å². The van der Waals surface area contributed by atoms with Crippen molar-refractivity contribution in [3.63, 3.8) is 0 Å². The number of aromatic nitrogens is 2. The Kier molecular flexibility index (Phi) is 6.23. The molecule has 6 nitrogen and oxygen atoms in total. The molecule has 2 aliphatic heterocycles. The van der Waals surface area contributed by atoms with E-state index in [4.69, 9.17) is 17.3 Å². The summed E-state index contributed by atoms with van der Waals surface area (Å²) in [6.45, 7) is 6.66. The quantitative estimate of drug-likeness (QED) is 0.601. The van der Waals surface area contributed by atoms with Crippen LogP contribution in [0.1, 0.15) is 34.1 Å². The third-order valence-corrected chi connectivity index (χ3v) is 7.40. The zero-order valence-electron chi connectivity index (χ0n) is 18.9. The standard InChI is InChI=1S/C26H30ClN5O/c1-18-24(13-29-32(18)23-9-7-22(27)8-10-23)26(33)31-16-20-14-30(15-21(20)17-31)12-11-25(28)19-5-3-2-4-6-19/h2-10,13,20-21,25H,11-12,14-17,28H2,1H3/t20?,21?,25-/m0/s1. The van der Waals surface area contributed by atoms with Gasteiger partial charge in [-0.05, 0) is 61.6 Å². The number of rotatable bonds is 6. The molecule has 0 radical (unpaired) electrons. The van der Waals surface area contributed by atoms with Gasteiger partial charge in [-0.25, -0.2) is 4.68 Å². The Bertz CT molecular complexity index is 1100. The number of carbonyl (C=O) groups excluding carboxylic acids is 1. The van der Waals surface area contributed by atoms with Crippen LogP contribution in [0.4, 0.5) is 0 Å². The lowest BCUT2D eigenvalue weighted by molar-refractivity contribution is 0.0773. The number of nitrogens with zero attached hydrogens (tertiary/aromatic N) is 4. The first-order valence-corrected chi connectivity index (χ1v) is 12.0. The molecule has 2 N–H and O–H groups in total. The van der Waals surface area contributed by atoms with Crippen LogP contribution in [0.5, 0.6) is 0 Å². The molecule has 1 amide bonds. The molecule has 2 aromatic carbocycles. The lowest BCUT2D eigenvalue weighted by Crippen LogP contribution is -2.34. The maximum atomic E-state index is 13.3. The zero-order chi connectivity index (χ0) is 22.9. The first-order chi connectivity index (χ1) is 16.0. The van der Waals surface area contributed by atoms with Crippen LogP contribution in [0.15, 0.2) is 60.8 Å². The van der Waals surface area contributed by atoms with Crippen LogP contribution in [0.3, 0.4) is 0 Å². The van der Waals surface area contributed by atoms with Crippen molar-refractivity contribution in [2.24, 2.45) is 17.6 Å². The molecule has 0 spiro atoms. The van der Waals surface area contributed by atoms with Crippen molar-refractivity contribution in [3.05, 3.63) is 82.6 Å². The van der Waals surface area contributed by atoms with Crippen molar-refractivity contribution in [1.82, 2.24) is 19.6 Å². The highest BCUT2D eigenvalue weighted by atomic mass is 35.5. The van der Waals surface area contributed by atoms with E-state index >= 15 is 0 Å². The Hall–Kier alpha value is -2.67. The number of halogens is 1. The summed E-state index contributed by atoms with van der Waals surface area (Å²) in [5, 5.41) is 5.14. The minimum Gasteiger partial charge on any atom is -0.338 e. The highest BCUT2D eigenvalue weighted by molar-refractivity contribution is 6.30. The monoisotopic (exact) mass is 463 g/mol. The summed E-state index contributed by atoms with van der Waals surface area (Å²) in [6, 6.07) is 17.9. The summed E-state index contributed by atoms with van der Waals surface area (Å²) in [7, 11) is 0. The van der Waals surface area contributed by atoms with Gasteiger partial charge < -0.3 is 15.5 Å². The first-order valence-electron chi connectivity index (χ1n) is 11.6. The van der Waals surface area contributed by atoms with Crippen LogP contribution >= 0.6 is 11.6 Å². The van der Waals surface area contributed by atoms with E-state index in [9.17, 15) is 4.79 Å². The van der Waals surface area contributed by atoms with E-state index in [1.165, 1.54) is 5.56 Å². The van der Waals surface area contributed by atoms with Crippen LogP contribution in [0, 0.1) is 18.8 Å². The van der Waals surface area contributed by atoms with Gasteiger partial charge in [0.1, 0.15) is 0 Å². The fraction of sp³-hybridized carbons (Fsp3) is 0.385. The van der Waals surface area contributed by atoms with E-state index < -0.39 is 0 Å². The van der Waals surface area contributed by atoms with Gasteiger partial charge in [-0.15, -0.1) is 0 Å². The maximum absolute atomic E-state index is 13.3. The second-order valence-corrected chi connectivity index (χ2v) is 9.76. The molecule has 3 aromatic rings. The Balaban J connectivity index is 1.17. The van der Waals surface area contributed by atoms with Gasteiger partial charge in [-0.2, -0.15) is 5.10 Å². The predicted octanol–water partition coefficient (Wildman–Crippen LogP) is 3.93. The molecule has 2 aliphatic rings. The number of likely N-dealkylation sites (tertiary alicyclic amines) is 2. The zero-order valence-corrected chi connectivity index (χ0v) is 19.7. The molecule has 7 heteroatoms. The topological polar surface area (TPSA) is 67.4 Å². The highest BCUT2D eigenvalue weighted by Gasteiger charge is 2.42. The SMILES string of the molecule is Cc1c(C(=O)N2CC3CN(CC[C@H](N)c4ccccc4)CC3C2)cnn1-c1ccc(Cl)cc1. The molecular weight excluding hydrogens is 434 g/mol. The van der Waals surface area contributed by atoms with Crippen LogP contribution in [0.25, 0.3) is 5.69 Å². The molecule has 1 aromatic heterocycles. The molecule has 2 unspecified atom stereocenters. The van der Waals surface area contributed by atoms with E-state index in [2.05, 4.69) is 22.1 Å². The summed E-state index contributed by atoms with van der Waals surface area (Å²) >= 11 is 6.00. The van der Waals surface area contributed by atoms with Gasteiger partial charge in [0.05, 0.1) is 23.1 Å². The van der Waals surface area contributed by atoms with Gasteiger partial charge in [-0.3, -0.25) is 4.79 Å². The van der Waals surface area contributed by atoms with Gasteiger partial charge in [0.15, 0.2) is 0 Å². The lowest BCUT2D eigenvalue weighted by Gasteiger charge is -2.23. The maximum Gasteiger partial charge on any atom is 0.257 e. The summed E-state index contributed by atoms with van der Waals surface area (Å²) in [4.78, 5) is 17.8. The Morgan fingerprint density at radius 3 is 2.39 bits per heavy atom. The number of carbonyl (C=O) groups is 1. The van der Waals surface area contributed by atoms with Crippen LogP contribution in [-0.4, -0.2) is 58.2 Å². The normalized spacial score (nSPS) is 21.4. The van der Waals surface area contributed by atoms with Crippen LogP contribution in [-0.2, 0) is 0 Å². The molecular formula is C26H30ClN5O. The average molecular weight is 464 g/mol. The third kappa shape index (κ3) is 4.56. The fourth-order valence-electron chi connectivity index (χ4n) is 5.26. The third-order valence-electron chi connectivity index (χ3n) is 7.14. The number of hydrogen-bond acceptors (Lipinski definition) is 4. The number of benzene rings is 2. The molecule has 2 fully saturated rings. The predicted molar refractivity (Wildman–Crippen MR) is 131 cm³/mol. The van der Waals surface area contributed by atoms with E-state index in [0.29, 0.717) is 22.4 Å². The molecule has 0 bridgehead atoms. The van der Waals surface area contributed by atoms with E-state index in [0.717, 1.165) is 50.5 Å². The van der Waals surface area contributed by atoms with Crippen LogP contribution in [0.2, 0.25) is 5.02 Å². The van der Waals surface area contributed by atoms with Gasteiger partial charge in [0, 0.05) is 37.2 Å². The summed E-state index contributed by atoms with van der Waals surface area (Å²) in [6.07, 6.45) is 2.65. The molecule has 2 saturated heterocycles. The molecule has 172 valence electrons. The van der Waals surface area contributed by atoms with Crippen molar-refractivity contribution < 1.29 is 4.79 Å². The van der Waals surface area contributed by atoms with E-state index in [-0.39, 0.29) is 11.9 Å². The van der Waals surface area contributed by atoms with Crippen molar-refractivity contribution in [1.29, 1.82) is 0 Å². The Morgan fingerprint density at radius 2 is 1.73 bits per heavy atom. The summed E-state index contributed by atoms with van der Waals surface area (Å²) in [5.41, 5.74) is 10.0. The molecule has 5 rings (SSSR count). The molecule has 3 heterocycles. The Labute approximate surface area is 199 Å². The number of hydrogen-bond donors (Lipinski definition) is 1. The lowest BCUT2D eigenvalue weighted by atomic mass is 10.0. The van der Waals surface area contributed by atoms with Crippen molar-refractivity contribution in [2.45, 2.75) is 19.4 Å². The van der Waals surface area contributed by atoms with Gasteiger partial charge in [0.2, 0.25) is 0 Å². The van der Waals surface area contributed by atoms with Crippen molar-refractivity contribution in [3.8, 4) is 5.69 Å². The van der Waals surface area contributed by atoms with Gasteiger partial charge >= 0.3 is 0 Å².